The molecule has 96 valence electrons. The van der Waals surface area contributed by atoms with Crippen LogP contribution in [0.3, 0.4) is 0 Å². The first kappa shape index (κ1) is 12.5. The van der Waals surface area contributed by atoms with Crippen LogP contribution in [0, 0.1) is 0 Å². The predicted molar refractivity (Wildman–Crippen MR) is 68.8 cm³/mol. The summed E-state index contributed by atoms with van der Waals surface area (Å²) in [5.41, 5.74) is 1.17. The average Bonchev–Trinajstić information content (AvgIpc) is 2.78. The SMILES string of the molecule is CCNCc1cnc(C2CN(C)CCN2C)[nH]1. The zero-order valence-electron chi connectivity index (χ0n) is 11.0. The molecule has 1 aliphatic heterocycles. The fourth-order valence-corrected chi connectivity index (χ4v) is 2.20. The van der Waals surface area contributed by atoms with E-state index in [4.69, 9.17) is 0 Å². The topological polar surface area (TPSA) is 47.2 Å². The highest BCUT2D eigenvalue weighted by molar-refractivity contribution is 5.06. The molecule has 1 atom stereocenters. The maximum atomic E-state index is 4.51. The first-order valence-electron chi connectivity index (χ1n) is 6.34. The third-order valence-corrected chi connectivity index (χ3v) is 3.38. The molecular weight excluding hydrogens is 214 g/mol. The molecule has 1 fully saturated rings. The summed E-state index contributed by atoms with van der Waals surface area (Å²) in [6.45, 7) is 7.25. The van der Waals surface area contributed by atoms with Crippen LogP contribution in [0.1, 0.15) is 24.5 Å². The first-order valence-corrected chi connectivity index (χ1v) is 6.34. The van der Waals surface area contributed by atoms with Gasteiger partial charge in [0.1, 0.15) is 5.82 Å². The van der Waals surface area contributed by atoms with Crippen LogP contribution in [0.2, 0.25) is 0 Å². The number of H-pyrrole nitrogens is 1. The van der Waals surface area contributed by atoms with Crippen LogP contribution in [0.4, 0.5) is 0 Å². The number of rotatable bonds is 4. The van der Waals surface area contributed by atoms with Gasteiger partial charge in [0.25, 0.3) is 0 Å². The average molecular weight is 237 g/mol. The second-order valence-electron chi connectivity index (χ2n) is 4.83. The van der Waals surface area contributed by atoms with Gasteiger partial charge in [-0.3, -0.25) is 4.90 Å². The third-order valence-electron chi connectivity index (χ3n) is 3.38. The Morgan fingerprint density at radius 3 is 3.06 bits per heavy atom. The Bertz CT molecular complexity index is 348. The molecule has 0 radical (unpaired) electrons. The quantitative estimate of drug-likeness (QED) is 0.797. The Kier molecular flexibility index (Phi) is 4.15. The highest BCUT2D eigenvalue weighted by Gasteiger charge is 2.25. The first-order chi connectivity index (χ1) is 8.20. The van der Waals surface area contributed by atoms with Gasteiger partial charge in [0.2, 0.25) is 0 Å². The zero-order valence-corrected chi connectivity index (χ0v) is 11.0. The number of hydrogen-bond acceptors (Lipinski definition) is 4. The number of piperazine rings is 1. The predicted octanol–water partition coefficient (Wildman–Crippen LogP) is 0.438. The molecule has 1 unspecified atom stereocenters. The van der Waals surface area contributed by atoms with Gasteiger partial charge in [0, 0.05) is 38.1 Å². The van der Waals surface area contributed by atoms with E-state index in [0.717, 1.165) is 38.5 Å². The molecule has 0 aliphatic carbocycles. The molecule has 2 rings (SSSR count). The minimum absolute atomic E-state index is 0.393. The summed E-state index contributed by atoms with van der Waals surface area (Å²) >= 11 is 0. The lowest BCUT2D eigenvalue weighted by Gasteiger charge is -2.36. The third kappa shape index (κ3) is 3.06. The van der Waals surface area contributed by atoms with E-state index in [9.17, 15) is 0 Å². The molecule has 1 aromatic heterocycles. The lowest BCUT2D eigenvalue weighted by atomic mass is 10.2. The largest absolute Gasteiger partial charge is 0.343 e. The molecule has 0 saturated carbocycles. The van der Waals surface area contributed by atoms with Crippen LogP contribution in [-0.2, 0) is 6.54 Å². The Balaban J connectivity index is 2.02. The number of aromatic amines is 1. The Hall–Kier alpha value is -0.910. The van der Waals surface area contributed by atoms with Crippen LogP contribution in [0.5, 0.6) is 0 Å². The normalized spacial score (nSPS) is 23.1. The van der Waals surface area contributed by atoms with Crippen molar-refractivity contribution in [1.29, 1.82) is 0 Å². The fourth-order valence-electron chi connectivity index (χ4n) is 2.20. The lowest BCUT2D eigenvalue weighted by molar-refractivity contribution is 0.110. The summed E-state index contributed by atoms with van der Waals surface area (Å²) in [4.78, 5) is 12.7. The number of nitrogens with zero attached hydrogens (tertiary/aromatic N) is 3. The van der Waals surface area contributed by atoms with Crippen LogP contribution < -0.4 is 5.32 Å². The molecule has 2 N–H and O–H groups in total. The molecule has 0 bridgehead atoms. The van der Waals surface area contributed by atoms with Crippen molar-refractivity contribution in [2.45, 2.75) is 19.5 Å². The Morgan fingerprint density at radius 1 is 1.47 bits per heavy atom. The monoisotopic (exact) mass is 237 g/mol. The van der Waals surface area contributed by atoms with Crippen molar-refractivity contribution in [3.05, 3.63) is 17.7 Å². The Labute approximate surface area is 103 Å². The number of likely N-dealkylation sites (N-methyl/N-ethyl adjacent to an activating group) is 2. The van der Waals surface area contributed by atoms with Gasteiger partial charge in [0.15, 0.2) is 0 Å². The van der Waals surface area contributed by atoms with Crippen molar-refractivity contribution in [2.75, 3.05) is 40.3 Å². The molecule has 5 heteroatoms. The van der Waals surface area contributed by atoms with Gasteiger partial charge in [0.05, 0.1) is 6.04 Å². The van der Waals surface area contributed by atoms with E-state index >= 15 is 0 Å². The van der Waals surface area contributed by atoms with E-state index in [1.54, 1.807) is 0 Å². The van der Waals surface area contributed by atoms with E-state index in [2.05, 4.69) is 46.1 Å². The van der Waals surface area contributed by atoms with Crippen LogP contribution in [-0.4, -0.2) is 60.0 Å². The van der Waals surface area contributed by atoms with Gasteiger partial charge in [-0.1, -0.05) is 6.92 Å². The van der Waals surface area contributed by atoms with E-state index in [-0.39, 0.29) is 0 Å². The molecule has 0 amide bonds. The highest BCUT2D eigenvalue weighted by atomic mass is 15.3. The van der Waals surface area contributed by atoms with Crippen molar-refractivity contribution >= 4 is 0 Å². The smallest absolute Gasteiger partial charge is 0.125 e. The highest BCUT2D eigenvalue weighted by Crippen LogP contribution is 2.20. The van der Waals surface area contributed by atoms with Crippen molar-refractivity contribution < 1.29 is 0 Å². The van der Waals surface area contributed by atoms with Gasteiger partial charge in [-0.05, 0) is 20.6 Å². The van der Waals surface area contributed by atoms with E-state index in [1.165, 1.54) is 5.69 Å². The summed E-state index contributed by atoms with van der Waals surface area (Å²) in [5.74, 6) is 1.09. The molecule has 0 aromatic carbocycles. The summed E-state index contributed by atoms with van der Waals surface area (Å²) in [7, 11) is 4.34. The van der Waals surface area contributed by atoms with Crippen LogP contribution in [0.25, 0.3) is 0 Å². The maximum Gasteiger partial charge on any atom is 0.125 e. The number of hydrogen-bond donors (Lipinski definition) is 2. The van der Waals surface area contributed by atoms with Gasteiger partial charge >= 0.3 is 0 Å². The molecule has 1 aromatic rings. The second-order valence-corrected chi connectivity index (χ2v) is 4.83. The van der Waals surface area contributed by atoms with Gasteiger partial charge in [-0.15, -0.1) is 0 Å². The van der Waals surface area contributed by atoms with Crippen molar-refractivity contribution in [1.82, 2.24) is 25.1 Å². The zero-order chi connectivity index (χ0) is 12.3. The molecule has 1 saturated heterocycles. The van der Waals surface area contributed by atoms with E-state index in [1.807, 2.05) is 6.20 Å². The minimum Gasteiger partial charge on any atom is -0.343 e. The number of aromatic nitrogens is 2. The van der Waals surface area contributed by atoms with Crippen molar-refractivity contribution in [2.24, 2.45) is 0 Å². The molecular formula is C12H23N5. The summed E-state index contributed by atoms with van der Waals surface area (Å²) in [6, 6.07) is 0.393. The van der Waals surface area contributed by atoms with Crippen molar-refractivity contribution in [3.63, 3.8) is 0 Å². The summed E-state index contributed by atoms with van der Waals surface area (Å²) in [5, 5.41) is 3.31. The molecule has 5 nitrogen and oxygen atoms in total. The summed E-state index contributed by atoms with van der Waals surface area (Å²) in [6.07, 6.45) is 1.94. The van der Waals surface area contributed by atoms with Crippen molar-refractivity contribution in [3.8, 4) is 0 Å². The van der Waals surface area contributed by atoms with Gasteiger partial charge in [-0.25, -0.2) is 4.98 Å². The maximum absolute atomic E-state index is 4.51. The number of nitrogens with one attached hydrogen (secondary N) is 2. The molecule has 1 aliphatic rings. The van der Waals surface area contributed by atoms with Gasteiger partial charge in [-0.2, -0.15) is 0 Å². The summed E-state index contributed by atoms with van der Waals surface area (Å²) < 4.78 is 0. The minimum atomic E-state index is 0.393. The van der Waals surface area contributed by atoms with Crippen LogP contribution >= 0.6 is 0 Å². The van der Waals surface area contributed by atoms with E-state index in [0.29, 0.717) is 6.04 Å². The molecule has 0 spiro atoms. The fraction of sp³-hybridized carbons (Fsp3) is 0.750. The standard InChI is InChI=1S/C12H23N5/c1-4-13-7-10-8-14-12(15-10)11-9-16(2)5-6-17(11)3/h8,11,13H,4-7,9H2,1-3H3,(H,14,15). The van der Waals surface area contributed by atoms with E-state index < -0.39 is 0 Å². The Morgan fingerprint density at radius 2 is 2.29 bits per heavy atom. The number of imidazole rings is 1. The van der Waals surface area contributed by atoms with Gasteiger partial charge < -0.3 is 15.2 Å². The molecule has 17 heavy (non-hydrogen) atoms. The van der Waals surface area contributed by atoms with Crippen LogP contribution in [0.15, 0.2) is 6.20 Å². The molecule has 2 heterocycles. The lowest BCUT2D eigenvalue weighted by Crippen LogP contribution is -2.45. The second kappa shape index (κ2) is 5.62.